The van der Waals surface area contributed by atoms with E-state index >= 15 is 0 Å². The second-order valence-electron chi connectivity index (χ2n) is 8.04. The third kappa shape index (κ3) is 6.05. The largest absolute Gasteiger partial charge is 0.467 e. The van der Waals surface area contributed by atoms with E-state index in [-0.39, 0.29) is 18.1 Å². The lowest BCUT2D eigenvalue weighted by atomic mass is 10.2. The van der Waals surface area contributed by atoms with Gasteiger partial charge in [-0.1, -0.05) is 30.3 Å². The van der Waals surface area contributed by atoms with Crippen LogP contribution < -0.4 is 4.74 Å². The van der Waals surface area contributed by atoms with Crippen LogP contribution in [-0.4, -0.2) is 27.1 Å². The van der Waals surface area contributed by atoms with Crippen LogP contribution in [0.2, 0.25) is 0 Å². The van der Waals surface area contributed by atoms with Gasteiger partial charge in [0.25, 0.3) is 11.6 Å². The molecular formula is C28H20N4O5S. The minimum Gasteiger partial charge on any atom is -0.467 e. The minimum atomic E-state index is -0.466. The van der Waals surface area contributed by atoms with E-state index in [2.05, 4.69) is 10.2 Å². The van der Waals surface area contributed by atoms with Crippen LogP contribution in [0.3, 0.4) is 0 Å². The molecule has 38 heavy (non-hydrogen) atoms. The molecule has 0 spiro atoms. The average Bonchev–Trinajstić information content (AvgIpc) is 3.54. The summed E-state index contributed by atoms with van der Waals surface area (Å²) < 4.78 is 11.3. The van der Waals surface area contributed by atoms with Crippen LogP contribution in [0, 0.1) is 10.1 Å². The zero-order chi connectivity index (χ0) is 26.3. The second-order valence-corrected chi connectivity index (χ2v) is 9.05. The summed E-state index contributed by atoms with van der Waals surface area (Å²) >= 11 is 1.20. The highest BCUT2D eigenvalue weighted by atomic mass is 32.2. The number of nitro groups is 1. The Balaban J connectivity index is 1.38. The van der Waals surface area contributed by atoms with Gasteiger partial charge in [0, 0.05) is 12.1 Å². The number of ether oxygens (including phenoxy) is 1. The van der Waals surface area contributed by atoms with Gasteiger partial charge in [0.1, 0.15) is 17.3 Å². The highest BCUT2D eigenvalue weighted by Gasteiger charge is 2.34. The van der Waals surface area contributed by atoms with E-state index in [0.29, 0.717) is 32.9 Å². The van der Waals surface area contributed by atoms with Gasteiger partial charge in [-0.3, -0.25) is 19.8 Å². The molecule has 2 heterocycles. The normalized spacial score (nSPS) is 15.6. The molecule has 1 fully saturated rings. The molecule has 0 unspecified atom stereocenters. The van der Waals surface area contributed by atoms with Gasteiger partial charge in [0.15, 0.2) is 5.17 Å². The summed E-state index contributed by atoms with van der Waals surface area (Å²) in [7, 11) is 0. The zero-order valence-corrected chi connectivity index (χ0v) is 20.7. The molecule has 5 rings (SSSR count). The number of carbonyl (C=O) groups excluding carboxylic acids is 1. The Morgan fingerprint density at radius 3 is 2.47 bits per heavy atom. The lowest BCUT2D eigenvalue weighted by Crippen LogP contribution is -2.28. The maximum absolute atomic E-state index is 13.3. The summed E-state index contributed by atoms with van der Waals surface area (Å²) in [6.07, 6.45) is 4.79. The number of furan rings is 1. The quantitative estimate of drug-likeness (QED) is 0.113. The van der Waals surface area contributed by atoms with Crippen molar-refractivity contribution in [1.29, 1.82) is 0 Å². The molecule has 1 aliphatic heterocycles. The van der Waals surface area contributed by atoms with Crippen LogP contribution in [0.1, 0.15) is 16.9 Å². The Labute approximate surface area is 221 Å². The van der Waals surface area contributed by atoms with E-state index in [1.807, 2.05) is 54.6 Å². The molecule has 0 bridgehead atoms. The Morgan fingerprint density at radius 2 is 1.74 bits per heavy atom. The number of benzene rings is 3. The van der Waals surface area contributed by atoms with Crippen molar-refractivity contribution in [3.63, 3.8) is 0 Å². The van der Waals surface area contributed by atoms with Gasteiger partial charge >= 0.3 is 0 Å². The van der Waals surface area contributed by atoms with Gasteiger partial charge in [0.2, 0.25) is 0 Å². The minimum absolute atomic E-state index is 0.0111. The van der Waals surface area contributed by atoms with Gasteiger partial charge in [-0.15, -0.1) is 5.10 Å². The SMILES string of the molecule is O=C1/C(=C/c2cccc(Oc3ccccc3)c2)S/C(=N/N=C\c2ccc([N+](=O)[O-])cc2)N1Cc1ccco1. The maximum atomic E-state index is 13.3. The smallest absolute Gasteiger partial charge is 0.269 e. The Kier molecular flexibility index (Phi) is 7.42. The van der Waals surface area contributed by atoms with Gasteiger partial charge in [-0.25, -0.2) is 0 Å². The van der Waals surface area contributed by atoms with Crippen molar-refractivity contribution >= 4 is 40.8 Å². The Morgan fingerprint density at radius 1 is 0.947 bits per heavy atom. The molecule has 1 aliphatic rings. The molecule has 0 aliphatic carbocycles. The van der Waals surface area contributed by atoms with E-state index < -0.39 is 4.92 Å². The van der Waals surface area contributed by atoms with Crippen molar-refractivity contribution in [3.05, 3.63) is 129 Å². The van der Waals surface area contributed by atoms with Crippen molar-refractivity contribution < 1.29 is 18.9 Å². The van der Waals surface area contributed by atoms with Crippen molar-refractivity contribution in [1.82, 2.24) is 4.90 Å². The van der Waals surface area contributed by atoms with Crippen LogP contribution in [-0.2, 0) is 11.3 Å². The standard InChI is InChI=1S/C28H20N4O5S/c33-27-26(17-21-6-4-9-24(16-21)37-23-7-2-1-3-8-23)38-28(31(27)19-25-10-5-15-36-25)30-29-18-20-11-13-22(14-12-20)32(34)35/h1-18H,19H2/b26-17-,29-18-,30-28+. The third-order valence-corrected chi connectivity index (χ3v) is 6.37. The van der Waals surface area contributed by atoms with Gasteiger partial charge < -0.3 is 9.15 Å². The molecule has 4 aromatic rings. The van der Waals surface area contributed by atoms with Crippen molar-refractivity contribution in [3.8, 4) is 11.5 Å². The first kappa shape index (κ1) is 24.7. The summed E-state index contributed by atoms with van der Waals surface area (Å²) in [5, 5.41) is 19.6. The molecule has 3 aromatic carbocycles. The molecule has 188 valence electrons. The summed E-state index contributed by atoms with van der Waals surface area (Å²) in [4.78, 5) is 25.7. The lowest BCUT2D eigenvalue weighted by molar-refractivity contribution is -0.384. The molecule has 10 heteroatoms. The van der Waals surface area contributed by atoms with E-state index in [9.17, 15) is 14.9 Å². The number of rotatable bonds is 8. The maximum Gasteiger partial charge on any atom is 0.269 e. The Hall–Kier alpha value is -4.96. The van der Waals surface area contributed by atoms with Crippen LogP contribution in [0.5, 0.6) is 11.5 Å². The van der Waals surface area contributed by atoms with E-state index in [4.69, 9.17) is 9.15 Å². The molecule has 1 amide bonds. The first-order valence-electron chi connectivity index (χ1n) is 11.5. The number of carbonyl (C=O) groups is 1. The molecule has 1 aromatic heterocycles. The summed E-state index contributed by atoms with van der Waals surface area (Å²) in [6.45, 7) is 0.194. The summed E-state index contributed by atoms with van der Waals surface area (Å²) in [5.41, 5.74) is 1.42. The second kappa shape index (κ2) is 11.4. The fourth-order valence-electron chi connectivity index (χ4n) is 3.55. The number of thioether (sulfide) groups is 1. The first-order valence-corrected chi connectivity index (χ1v) is 12.3. The highest BCUT2D eigenvalue weighted by molar-refractivity contribution is 8.18. The molecule has 9 nitrogen and oxygen atoms in total. The van der Waals surface area contributed by atoms with Crippen LogP contribution in [0.15, 0.2) is 117 Å². The van der Waals surface area contributed by atoms with Crippen LogP contribution in [0.4, 0.5) is 5.69 Å². The molecule has 0 saturated carbocycles. The summed E-state index contributed by atoms with van der Waals surface area (Å²) in [5.74, 6) is 1.74. The molecule has 0 N–H and O–H groups in total. The predicted octanol–water partition coefficient (Wildman–Crippen LogP) is 6.49. The van der Waals surface area contributed by atoms with Crippen molar-refractivity contribution in [2.24, 2.45) is 10.2 Å². The number of hydrogen-bond acceptors (Lipinski definition) is 8. The molecule has 0 atom stereocenters. The predicted molar refractivity (Wildman–Crippen MR) is 146 cm³/mol. The van der Waals surface area contributed by atoms with Crippen molar-refractivity contribution in [2.45, 2.75) is 6.54 Å². The number of nitrogens with zero attached hydrogens (tertiary/aromatic N) is 4. The third-order valence-electron chi connectivity index (χ3n) is 5.37. The number of para-hydroxylation sites is 1. The van der Waals surface area contributed by atoms with E-state index in [1.54, 1.807) is 36.6 Å². The monoisotopic (exact) mass is 524 g/mol. The number of nitro benzene ring substituents is 1. The average molecular weight is 525 g/mol. The zero-order valence-electron chi connectivity index (χ0n) is 19.8. The number of amidine groups is 1. The first-order chi connectivity index (χ1) is 18.5. The van der Waals surface area contributed by atoms with E-state index in [1.165, 1.54) is 35.0 Å². The number of hydrogen-bond donors (Lipinski definition) is 0. The number of non-ortho nitro benzene ring substituents is 1. The van der Waals surface area contributed by atoms with E-state index in [0.717, 1.165) is 5.56 Å². The fraction of sp³-hybridized carbons (Fsp3) is 0.0357. The molecule has 1 saturated heterocycles. The molecule has 0 radical (unpaired) electrons. The lowest BCUT2D eigenvalue weighted by Gasteiger charge is -2.12. The summed E-state index contributed by atoms with van der Waals surface area (Å²) in [6, 6.07) is 26.4. The van der Waals surface area contributed by atoms with Crippen LogP contribution >= 0.6 is 11.8 Å². The topological polar surface area (TPSA) is 111 Å². The van der Waals surface area contributed by atoms with Crippen LogP contribution in [0.25, 0.3) is 6.08 Å². The molecular weight excluding hydrogens is 504 g/mol. The Bertz CT molecular complexity index is 1530. The highest BCUT2D eigenvalue weighted by Crippen LogP contribution is 2.34. The number of amides is 1. The van der Waals surface area contributed by atoms with Gasteiger partial charge in [0.05, 0.1) is 28.9 Å². The van der Waals surface area contributed by atoms with Gasteiger partial charge in [-0.05, 0) is 77.5 Å². The fourth-order valence-corrected chi connectivity index (χ4v) is 4.49. The van der Waals surface area contributed by atoms with Gasteiger partial charge in [-0.2, -0.15) is 5.10 Å². The van der Waals surface area contributed by atoms with Crippen molar-refractivity contribution in [2.75, 3.05) is 0 Å².